The van der Waals surface area contributed by atoms with Gasteiger partial charge < -0.3 is 14.6 Å². The second-order valence-electron chi connectivity index (χ2n) is 6.70. The van der Waals surface area contributed by atoms with Gasteiger partial charge in [-0.1, -0.05) is 0 Å². The van der Waals surface area contributed by atoms with Crippen molar-refractivity contribution in [1.29, 1.82) is 0 Å². The van der Waals surface area contributed by atoms with E-state index in [0.29, 0.717) is 25.9 Å². The fourth-order valence-electron chi connectivity index (χ4n) is 3.62. The van der Waals surface area contributed by atoms with Gasteiger partial charge in [0.05, 0.1) is 5.92 Å². The molecule has 0 unspecified atom stereocenters. The Labute approximate surface area is 152 Å². The third-order valence-electron chi connectivity index (χ3n) is 5.02. The minimum Gasteiger partial charge on any atom is -0.369 e. The van der Waals surface area contributed by atoms with Gasteiger partial charge in [-0.15, -0.1) is 0 Å². The molecule has 1 aromatic rings. The van der Waals surface area contributed by atoms with E-state index in [1.807, 2.05) is 17.7 Å². The summed E-state index contributed by atoms with van der Waals surface area (Å²) in [4.78, 5) is 42.0. The summed E-state index contributed by atoms with van der Waals surface area (Å²) >= 11 is 0. The first-order valence-corrected chi connectivity index (χ1v) is 9.35. The number of imidazole rings is 1. The standard InChI is InChI=1S/C18H26N4O4/c1-2-21-10-8-19-17(21)16-13(5-4-12-26-16)18(25)20-9-11-22-14(23)6-3-7-15(22)24/h8,10,13,16H,2-7,9,11-12H2,1H3,(H,20,25)/t13-,16-/m1/s1. The molecule has 26 heavy (non-hydrogen) atoms. The summed E-state index contributed by atoms with van der Waals surface area (Å²) in [5, 5.41) is 2.87. The molecule has 2 saturated heterocycles. The summed E-state index contributed by atoms with van der Waals surface area (Å²) in [6.07, 6.45) is 6.22. The first-order valence-electron chi connectivity index (χ1n) is 9.35. The number of nitrogens with zero attached hydrogens (tertiary/aromatic N) is 3. The molecular formula is C18H26N4O4. The number of hydrogen-bond donors (Lipinski definition) is 1. The average Bonchev–Trinajstić information content (AvgIpc) is 3.12. The van der Waals surface area contributed by atoms with Crippen LogP contribution in [0.25, 0.3) is 0 Å². The highest BCUT2D eigenvalue weighted by Crippen LogP contribution is 2.33. The largest absolute Gasteiger partial charge is 0.369 e. The van der Waals surface area contributed by atoms with Crippen molar-refractivity contribution in [3.63, 3.8) is 0 Å². The van der Waals surface area contributed by atoms with Crippen LogP contribution in [-0.2, 0) is 25.7 Å². The summed E-state index contributed by atoms with van der Waals surface area (Å²) in [6, 6.07) is 0. The van der Waals surface area contributed by atoms with Gasteiger partial charge in [0.25, 0.3) is 0 Å². The Bertz CT molecular complexity index is 656. The first-order chi connectivity index (χ1) is 12.6. The SMILES string of the molecule is CCn1ccnc1[C@@H]1OCCC[C@H]1C(=O)NCCN1C(=O)CCCC1=O. The van der Waals surface area contributed by atoms with Gasteiger partial charge in [0.15, 0.2) is 0 Å². The Morgan fingerprint density at radius 2 is 2.08 bits per heavy atom. The van der Waals surface area contributed by atoms with Crippen molar-refractivity contribution in [2.24, 2.45) is 5.92 Å². The van der Waals surface area contributed by atoms with Gasteiger partial charge in [-0.3, -0.25) is 19.3 Å². The van der Waals surface area contributed by atoms with Gasteiger partial charge in [-0.25, -0.2) is 4.98 Å². The molecule has 0 aliphatic carbocycles. The maximum Gasteiger partial charge on any atom is 0.229 e. The van der Waals surface area contributed by atoms with Crippen LogP contribution in [0.5, 0.6) is 0 Å². The number of aryl methyl sites for hydroxylation is 1. The zero-order valence-corrected chi connectivity index (χ0v) is 15.1. The number of hydrogen-bond acceptors (Lipinski definition) is 5. The van der Waals surface area contributed by atoms with Crippen LogP contribution in [0.3, 0.4) is 0 Å². The number of likely N-dealkylation sites (tertiary alicyclic amines) is 1. The molecule has 2 aliphatic rings. The lowest BCUT2D eigenvalue weighted by atomic mass is 9.92. The molecule has 8 heteroatoms. The molecule has 8 nitrogen and oxygen atoms in total. The number of carbonyl (C=O) groups is 3. The van der Waals surface area contributed by atoms with Gasteiger partial charge in [-0.05, 0) is 26.2 Å². The highest BCUT2D eigenvalue weighted by Gasteiger charge is 2.35. The van der Waals surface area contributed by atoms with Crippen molar-refractivity contribution in [3.8, 4) is 0 Å². The minimum absolute atomic E-state index is 0.114. The molecule has 1 N–H and O–H groups in total. The van der Waals surface area contributed by atoms with Crippen LogP contribution < -0.4 is 5.32 Å². The zero-order chi connectivity index (χ0) is 18.5. The molecule has 3 rings (SSSR count). The van der Waals surface area contributed by atoms with Crippen LogP contribution >= 0.6 is 0 Å². The Morgan fingerprint density at radius 1 is 1.31 bits per heavy atom. The van der Waals surface area contributed by atoms with Crippen molar-refractivity contribution in [2.75, 3.05) is 19.7 Å². The summed E-state index contributed by atoms with van der Waals surface area (Å²) in [6.45, 7) is 3.90. The molecule has 0 spiro atoms. The van der Waals surface area contributed by atoms with E-state index < -0.39 is 0 Å². The lowest BCUT2D eigenvalue weighted by Crippen LogP contribution is -2.46. The van der Waals surface area contributed by atoms with Gasteiger partial charge >= 0.3 is 0 Å². The molecule has 2 fully saturated rings. The molecule has 142 valence electrons. The molecule has 0 bridgehead atoms. The number of amides is 3. The lowest BCUT2D eigenvalue weighted by Gasteiger charge is -2.31. The number of carbonyl (C=O) groups excluding carboxylic acids is 3. The van der Waals surface area contributed by atoms with E-state index in [9.17, 15) is 14.4 Å². The van der Waals surface area contributed by atoms with Crippen LogP contribution in [0, 0.1) is 5.92 Å². The van der Waals surface area contributed by atoms with Gasteiger partial charge in [0, 0.05) is 51.5 Å². The highest BCUT2D eigenvalue weighted by molar-refractivity contribution is 5.97. The van der Waals surface area contributed by atoms with E-state index in [-0.39, 0.29) is 42.8 Å². The third-order valence-corrected chi connectivity index (χ3v) is 5.02. The number of piperidine rings is 1. The van der Waals surface area contributed by atoms with Gasteiger partial charge in [0.1, 0.15) is 11.9 Å². The van der Waals surface area contributed by atoms with E-state index in [1.165, 1.54) is 4.90 Å². The summed E-state index contributed by atoms with van der Waals surface area (Å²) in [5.74, 6) is 0.0360. The van der Waals surface area contributed by atoms with E-state index in [0.717, 1.165) is 25.2 Å². The fraction of sp³-hybridized carbons (Fsp3) is 0.667. The molecule has 2 aliphatic heterocycles. The van der Waals surface area contributed by atoms with Crippen LogP contribution in [0.15, 0.2) is 12.4 Å². The number of rotatable bonds is 6. The van der Waals surface area contributed by atoms with Gasteiger partial charge in [0.2, 0.25) is 17.7 Å². The monoisotopic (exact) mass is 362 g/mol. The molecule has 1 aromatic heterocycles. The Morgan fingerprint density at radius 3 is 2.81 bits per heavy atom. The molecule has 2 atom stereocenters. The predicted molar refractivity (Wildman–Crippen MR) is 92.9 cm³/mol. The second-order valence-corrected chi connectivity index (χ2v) is 6.70. The van der Waals surface area contributed by atoms with Gasteiger partial charge in [-0.2, -0.15) is 0 Å². The maximum atomic E-state index is 12.7. The van der Waals surface area contributed by atoms with E-state index in [4.69, 9.17) is 4.74 Å². The van der Waals surface area contributed by atoms with Crippen LogP contribution in [-0.4, -0.2) is 51.9 Å². The molecule has 0 aromatic carbocycles. The van der Waals surface area contributed by atoms with Crippen molar-refractivity contribution in [3.05, 3.63) is 18.2 Å². The quantitative estimate of drug-likeness (QED) is 0.763. The second kappa shape index (κ2) is 8.44. The van der Waals surface area contributed by atoms with Crippen molar-refractivity contribution < 1.29 is 19.1 Å². The Kier molecular flexibility index (Phi) is 6.03. The average molecular weight is 362 g/mol. The Balaban J connectivity index is 1.58. The number of imide groups is 1. The molecule has 3 heterocycles. The van der Waals surface area contributed by atoms with Crippen molar-refractivity contribution >= 4 is 17.7 Å². The fourth-order valence-corrected chi connectivity index (χ4v) is 3.62. The minimum atomic E-state index is -0.364. The number of aromatic nitrogens is 2. The molecule has 3 amide bonds. The number of ether oxygens (including phenoxy) is 1. The van der Waals surface area contributed by atoms with Crippen LogP contribution in [0.1, 0.15) is 51.0 Å². The Hall–Kier alpha value is -2.22. The summed E-state index contributed by atoms with van der Waals surface area (Å²) < 4.78 is 7.85. The summed E-state index contributed by atoms with van der Waals surface area (Å²) in [7, 11) is 0. The van der Waals surface area contributed by atoms with Crippen molar-refractivity contribution in [2.45, 2.75) is 51.7 Å². The topological polar surface area (TPSA) is 93.5 Å². The van der Waals surface area contributed by atoms with E-state index in [2.05, 4.69) is 10.3 Å². The third kappa shape index (κ3) is 3.95. The van der Waals surface area contributed by atoms with Crippen LogP contribution in [0.2, 0.25) is 0 Å². The van der Waals surface area contributed by atoms with Crippen molar-refractivity contribution in [1.82, 2.24) is 19.8 Å². The normalized spacial score (nSPS) is 24.0. The van der Waals surface area contributed by atoms with E-state index in [1.54, 1.807) is 6.20 Å². The predicted octanol–water partition coefficient (Wildman–Crippen LogP) is 1.03. The zero-order valence-electron chi connectivity index (χ0n) is 15.1. The maximum absolute atomic E-state index is 12.7. The van der Waals surface area contributed by atoms with Crippen LogP contribution in [0.4, 0.5) is 0 Å². The smallest absolute Gasteiger partial charge is 0.229 e. The molecular weight excluding hydrogens is 336 g/mol. The molecule has 0 radical (unpaired) electrons. The van der Waals surface area contributed by atoms with E-state index >= 15 is 0 Å². The first kappa shape index (κ1) is 18.6. The lowest BCUT2D eigenvalue weighted by molar-refractivity contribution is -0.148. The number of nitrogens with one attached hydrogen (secondary N) is 1. The molecule has 0 saturated carbocycles. The summed E-state index contributed by atoms with van der Waals surface area (Å²) in [5.41, 5.74) is 0. The highest BCUT2D eigenvalue weighted by atomic mass is 16.5.